The molecule has 11 rings (SSSR count). The molecule has 0 atom stereocenters. The minimum absolute atomic E-state index is 0.0100. The Balaban J connectivity index is 1.29. The maximum Gasteiger partial charge on any atom is 0.297 e. The van der Waals surface area contributed by atoms with Crippen molar-refractivity contribution < 1.29 is 4.42 Å². The summed E-state index contributed by atoms with van der Waals surface area (Å²) in [5.74, 6) is 0. The Labute approximate surface area is 463 Å². The second kappa shape index (κ2) is 17.4. The molecule has 3 heterocycles. The zero-order valence-corrected chi connectivity index (χ0v) is 50.0. The number of fused-ring (bicyclic) bond motifs is 7. The van der Waals surface area contributed by atoms with Crippen LogP contribution < -0.4 is 70.1 Å². The normalized spacial score (nSPS) is 15.6. The maximum absolute atomic E-state index is 7.73. The predicted octanol–water partition coefficient (Wildman–Crippen LogP) is 1.83. The molecule has 12 heteroatoms. The summed E-state index contributed by atoms with van der Waals surface area (Å²) in [5.41, 5.74) is 34.2. The molecule has 8 aromatic rings. The van der Waals surface area contributed by atoms with Crippen molar-refractivity contribution in [3.8, 4) is 11.1 Å². The lowest BCUT2D eigenvalue weighted by atomic mass is 9.35. The van der Waals surface area contributed by atoms with Gasteiger partial charge in [0.2, 0.25) is 0 Å². The van der Waals surface area contributed by atoms with Crippen molar-refractivity contribution in [3.63, 3.8) is 0 Å². The zero-order valence-electron chi connectivity index (χ0n) is 50.0. The third kappa shape index (κ3) is 7.94. The fourth-order valence-corrected chi connectivity index (χ4v) is 13.6. The lowest BCUT2D eigenvalue weighted by molar-refractivity contribution is 0.332. The first-order valence-corrected chi connectivity index (χ1v) is 28.3. The van der Waals surface area contributed by atoms with Gasteiger partial charge in [-0.25, -0.2) is 0 Å². The summed E-state index contributed by atoms with van der Waals surface area (Å²) in [6.07, 6.45) is 2.29. The molecule has 2 aliphatic heterocycles. The molecule has 0 unspecified atom stereocenters. The van der Waals surface area contributed by atoms with Gasteiger partial charge < -0.3 is 14.2 Å². The van der Waals surface area contributed by atoms with E-state index >= 15 is 0 Å². The molecule has 0 amide bonds. The summed E-state index contributed by atoms with van der Waals surface area (Å²) in [4.78, 5) is 5.24. The van der Waals surface area contributed by atoms with E-state index in [2.05, 4.69) is 260 Å². The molecule has 1 aliphatic carbocycles. The van der Waals surface area contributed by atoms with E-state index in [0.717, 1.165) is 35.5 Å². The van der Waals surface area contributed by atoms with Crippen LogP contribution in [0.3, 0.4) is 0 Å². The minimum Gasteiger partial charge on any atom is -0.468 e. The third-order valence-corrected chi connectivity index (χ3v) is 19.5. The molecule has 0 bridgehead atoms. The highest BCUT2D eigenvalue weighted by atomic mass is 16.3. The van der Waals surface area contributed by atoms with Crippen molar-refractivity contribution >= 4 is 175 Å². The maximum atomic E-state index is 7.73. The fourth-order valence-electron chi connectivity index (χ4n) is 13.6. The first-order chi connectivity index (χ1) is 35.4. The standard InChI is InChI=1S/C64H75B9N2O/c1-32-24-47-57-48(25-32)75(45-20-16-34(61(5,6)7)26-38(45)50-52(68)54(70)56(72)55(71)53(50)69)46-21-17-35(64(12,13)36-27-42(65)51(67)43(66)28-36)29-44(46)73(57)59-58(74(47)37-18-14-33(15-19-37)60(2,3)4)39-30-40-41(31-49(39)76-59)63(10,11)23-22-62(40,8)9/h14-21,24-31H,22-23,65-72H2,1-13H3. The molecular weight excluding hydrogens is 910 g/mol. The zero-order chi connectivity index (χ0) is 54.8. The molecule has 0 spiro atoms. The van der Waals surface area contributed by atoms with E-state index < -0.39 is 0 Å². The molecule has 0 radical (unpaired) electrons. The van der Waals surface area contributed by atoms with Gasteiger partial charge in [0.15, 0.2) is 0 Å². The second-order valence-corrected chi connectivity index (χ2v) is 27.7. The van der Waals surface area contributed by atoms with Gasteiger partial charge in [-0.15, -0.1) is 21.9 Å². The Kier molecular flexibility index (Phi) is 12.0. The van der Waals surface area contributed by atoms with Crippen molar-refractivity contribution in [1.82, 2.24) is 0 Å². The summed E-state index contributed by atoms with van der Waals surface area (Å²) < 4.78 is 7.73. The van der Waals surface area contributed by atoms with Crippen LogP contribution in [0.4, 0.5) is 34.1 Å². The van der Waals surface area contributed by atoms with Crippen LogP contribution in [0, 0.1) is 6.92 Å². The predicted molar refractivity (Wildman–Crippen MR) is 357 cm³/mol. The Bertz CT molecular complexity index is 3730. The van der Waals surface area contributed by atoms with E-state index in [9.17, 15) is 0 Å². The molecule has 3 aliphatic rings. The number of furan rings is 1. The molecule has 76 heavy (non-hydrogen) atoms. The van der Waals surface area contributed by atoms with Crippen molar-refractivity contribution in [3.05, 3.63) is 136 Å². The number of hydrogen-bond acceptors (Lipinski definition) is 3. The molecule has 1 aromatic heterocycles. The smallest absolute Gasteiger partial charge is 0.297 e. The number of anilines is 6. The van der Waals surface area contributed by atoms with Crippen LogP contribution in [0.1, 0.15) is 135 Å². The topological polar surface area (TPSA) is 19.6 Å². The van der Waals surface area contributed by atoms with E-state index in [-0.39, 0.29) is 33.8 Å². The van der Waals surface area contributed by atoms with Gasteiger partial charge in [0.1, 0.15) is 68.4 Å². The molecule has 7 aromatic carbocycles. The van der Waals surface area contributed by atoms with Crippen LogP contribution in [0.15, 0.2) is 101 Å². The van der Waals surface area contributed by atoms with Crippen LogP contribution in [0.2, 0.25) is 0 Å². The number of rotatable bonds is 5. The lowest BCUT2D eigenvalue weighted by Crippen LogP contribution is -2.61. The molecule has 0 fully saturated rings. The molecular formula is C64H75B9N2O. The Morgan fingerprint density at radius 1 is 0.500 bits per heavy atom. The monoisotopic (exact) mass is 987 g/mol. The van der Waals surface area contributed by atoms with E-state index in [0.29, 0.717) is 0 Å². The van der Waals surface area contributed by atoms with Crippen LogP contribution in [-0.2, 0) is 27.1 Å². The third-order valence-electron chi connectivity index (χ3n) is 19.5. The second-order valence-electron chi connectivity index (χ2n) is 27.7. The van der Waals surface area contributed by atoms with Crippen molar-refractivity contribution in [2.75, 3.05) is 9.80 Å². The van der Waals surface area contributed by atoms with Gasteiger partial charge in [0.25, 0.3) is 6.71 Å². The number of benzene rings is 7. The van der Waals surface area contributed by atoms with Crippen molar-refractivity contribution in [2.45, 2.75) is 130 Å². The van der Waals surface area contributed by atoms with E-state index in [1.807, 2.05) is 0 Å². The highest BCUT2D eigenvalue weighted by Crippen LogP contribution is 2.53. The van der Waals surface area contributed by atoms with E-state index in [1.54, 1.807) is 0 Å². The van der Waals surface area contributed by atoms with Gasteiger partial charge in [-0.05, 0) is 151 Å². The molecule has 0 saturated heterocycles. The molecule has 0 N–H and O–H groups in total. The fraction of sp³-hybridized carbons (Fsp3) is 0.312. The van der Waals surface area contributed by atoms with Crippen molar-refractivity contribution in [1.29, 1.82) is 0 Å². The minimum atomic E-state index is -0.299. The Hall–Kier alpha value is -5.74. The first-order valence-electron chi connectivity index (χ1n) is 28.3. The van der Waals surface area contributed by atoms with Gasteiger partial charge >= 0.3 is 0 Å². The SMILES string of the molecule is Bc1cc(C(C)(C)c2ccc3c(c2)B2c4oc5cc6c(cc5c4N(c4ccc(C(C)(C)C)cc4)c4cc(C)cc(c42)N3c2ccc(C(C)(C)C)cc2-c2c(B)c(B)c(B)c(B)c2B)C(C)(C)CCC6(C)C)cc(B)c1B. The highest BCUT2D eigenvalue weighted by Gasteiger charge is 2.49. The van der Waals surface area contributed by atoms with E-state index in [4.69, 9.17) is 4.42 Å². The van der Waals surface area contributed by atoms with Crippen LogP contribution in [0.25, 0.3) is 22.1 Å². The quantitative estimate of drug-likeness (QED) is 0.246. The average molecular weight is 986 g/mol. The van der Waals surface area contributed by atoms with E-state index in [1.165, 1.54) is 133 Å². The summed E-state index contributed by atoms with van der Waals surface area (Å²) in [6.45, 7) is 30.7. The van der Waals surface area contributed by atoms with Gasteiger partial charge in [-0.3, -0.25) is 0 Å². The van der Waals surface area contributed by atoms with Crippen LogP contribution in [-0.4, -0.2) is 69.5 Å². The number of hydrogen-bond donors (Lipinski definition) is 0. The molecule has 3 nitrogen and oxygen atoms in total. The van der Waals surface area contributed by atoms with Crippen LogP contribution >= 0.6 is 0 Å². The molecule has 374 valence electrons. The Morgan fingerprint density at radius 2 is 1.01 bits per heavy atom. The van der Waals surface area contributed by atoms with Crippen molar-refractivity contribution in [2.24, 2.45) is 0 Å². The summed E-state index contributed by atoms with van der Waals surface area (Å²) in [6, 6.07) is 39.0. The number of aryl methyl sites for hydroxylation is 1. The van der Waals surface area contributed by atoms with Gasteiger partial charge in [-0.1, -0.05) is 147 Å². The van der Waals surface area contributed by atoms with Gasteiger partial charge in [0.05, 0.1) is 17.0 Å². The van der Waals surface area contributed by atoms with Gasteiger partial charge in [0, 0.05) is 39.1 Å². The molecule has 0 saturated carbocycles. The summed E-state index contributed by atoms with van der Waals surface area (Å²) in [7, 11) is 18.4. The largest absolute Gasteiger partial charge is 0.468 e. The number of nitrogens with zero attached hydrogens (tertiary/aromatic N) is 2. The highest BCUT2D eigenvalue weighted by molar-refractivity contribution is 7.00. The Morgan fingerprint density at radius 3 is 1.59 bits per heavy atom. The lowest BCUT2D eigenvalue weighted by Gasteiger charge is -2.44. The average Bonchev–Trinajstić information content (AvgIpc) is 3.73. The van der Waals surface area contributed by atoms with Crippen LogP contribution in [0.5, 0.6) is 0 Å². The first kappa shape index (κ1) is 52.3. The summed E-state index contributed by atoms with van der Waals surface area (Å²) in [5, 5.41) is 1.19. The summed E-state index contributed by atoms with van der Waals surface area (Å²) >= 11 is 0. The van der Waals surface area contributed by atoms with Gasteiger partial charge in [-0.2, -0.15) is 0 Å².